The molecule has 0 aliphatic rings. The van der Waals surface area contributed by atoms with Gasteiger partial charge in [-0.15, -0.1) is 0 Å². The van der Waals surface area contributed by atoms with Gasteiger partial charge in [0.15, 0.2) is 5.96 Å². The van der Waals surface area contributed by atoms with Gasteiger partial charge in [0.05, 0.1) is 17.4 Å². The van der Waals surface area contributed by atoms with Gasteiger partial charge in [0.25, 0.3) is 0 Å². The van der Waals surface area contributed by atoms with Crippen LogP contribution in [-0.2, 0) is 6.42 Å². The quantitative estimate of drug-likeness (QED) is 0.506. The Labute approximate surface area is 165 Å². The van der Waals surface area contributed by atoms with Crippen molar-refractivity contribution in [3.05, 3.63) is 83.4 Å². The van der Waals surface area contributed by atoms with Crippen molar-refractivity contribution in [2.45, 2.75) is 26.3 Å². The maximum absolute atomic E-state index is 13.0. The van der Waals surface area contributed by atoms with Crippen LogP contribution in [0.2, 0.25) is 0 Å². The number of aromatic nitrogens is 2. The first kappa shape index (κ1) is 19.6. The zero-order valence-electron chi connectivity index (χ0n) is 16.5. The van der Waals surface area contributed by atoms with E-state index in [0.29, 0.717) is 6.54 Å². The predicted molar refractivity (Wildman–Crippen MR) is 111 cm³/mol. The second kappa shape index (κ2) is 9.17. The summed E-state index contributed by atoms with van der Waals surface area (Å²) < 4.78 is 14.8. The van der Waals surface area contributed by atoms with E-state index in [1.165, 1.54) is 23.3 Å². The molecule has 0 saturated carbocycles. The van der Waals surface area contributed by atoms with E-state index in [4.69, 9.17) is 0 Å². The molecule has 3 aromatic rings. The van der Waals surface area contributed by atoms with Crippen LogP contribution in [0.4, 0.5) is 4.39 Å². The van der Waals surface area contributed by atoms with E-state index in [0.717, 1.165) is 23.8 Å². The number of aryl methyl sites for hydroxylation is 1. The van der Waals surface area contributed by atoms with Gasteiger partial charge in [-0.3, -0.25) is 4.99 Å². The van der Waals surface area contributed by atoms with Crippen molar-refractivity contribution in [2.75, 3.05) is 13.6 Å². The molecule has 1 unspecified atom stereocenters. The van der Waals surface area contributed by atoms with Gasteiger partial charge in [-0.1, -0.05) is 24.3 Å². The summed E-state index contributed by atoms with van der Waals surface area (Å²) >= 11 is 0. The number of hydrogen-bond donors (Lipinski definition) is 2. The Morgan fingerprint density at radius 2 is 1.89 bits per heavy atom. The number of nitrogens with zero attached hydrogens (tertiary/aromatic N) is 3. The van der Waals surface area contributed by atoms with Gasteiger partial charge in [-0.25, -0.2) is 9.07 Å². The molecule has 0 radical (unpaired) electrons. The Balaban J connectivity index is 1.52. The molecule has 146 valence electrons. The fraction of sp³-hybridized carbons (Fsp3) is 0.273. The van der Waals surface area contributed by atoms with Crippen LogP contribution in [-0.4, -0.2) is 29.3 Å². The third-order valence-corrected chi connectivity index (χ3v) is 4.64. The summed E-state index contributed by atoms with van der Waals surface area (Å²) in [7, 11) is 1.77. The van der Waals surface area contributed by atoms with Crippen LogP contribution in [0.3, 0.4) is 0 Å². The predicted octanol–water partition coefficient (Wildman–Crippen LogP) is 3.79. The number of guanidine groups is 1. The Bertz CT molecular complexity index is 930. The summed E-state index contributed by atoms with van der Waals surface area (Å²) in [5.41, 5.74) is 4.30. The molecule has 5 nitrogen and oxygen atoms in total. The van der Waals surface area contributed by atoms with Crippen LogP contribution in [0.25, 0.3) is 5.69 Å². The minimum atomic E-state index is -0.251. The highest BCUT2D eigenvalue weighted by atomic mass is 19.1. The lowest BCUT2D eigenvalue weighted by Gasteiger charge is -2.19. The molecule has 28 heavy (non-hydrogen) atoms. The van der Waals surface area contributed by atoms with E-state index < -0.39 is 0 Å². The lowest BCUT2D eigenvalue weighted by atomic mass is 10.0. The second-order valence-corrected chi connectivity index (χ2v) is 6.70. The lowest BCUT2D eigenvalue weighted by molar-refractivity contribution is 0.627. The molecule has 1 atom stereocenters. The minimum Gasteiger partial charge on any atom is -0.356 e. The van der Waals surface area contributed by atoms with Gasteiger partial charge in [-0.2, -0.15) is 5.10 Å². The van der Waals surface area contributed by atoms with Gasteiger partial charge < -0.3 is 10.6 Å². The number of halogens is 1. The number of nitrogens with one attached hydrogen (secondary N) is 2. The maximum atomic E-state index is 13.0. The largest absolute Gasteiger partial charge is 0.356 e. The zero-order valence-corrected chi connectivity index (χ0v) is 16.5. The Hall–Kier alpha value is -3.15. The summed E-state index contributed by atoms with van der Waals surface area (Å²) in [6.45, 7) is 4.95. The first-order chi connectivity index (χ1) is 13.6. The molecule has 0 fully saturated rings. The van der Waals surface area contributed by atoms with Gasteiger partial charge in [0.1, 0.15) is 5.82 Å². The molecule has 1 heterocycles. The summed E-state index contributed by atoms with van der Waals surface area (Å²) in [5.74, 6) is 0.507. The van der Waals surface area contributed by atoms with E-state index in [1.54, 1.807) is 23.9 Å². The number of benzene rings is 2. The average molecular weight is 379 g/mol. The van der Waals surface area contributed by atoms with Crippen molar-refractivity contribution in [3.8, 4) is 5.69 Å². The average Bonchev–Trinajstić information content (AvgIpc) is 3.17. The summed E-state index contributed by atoms with van der Waals surface area (Å²) in [4.78, 5) is 4.31. The first-order valence-electron chi connectivity index (χ1n) is 9.40. The molecule has 2 aromatic carbocycles. The molecule has 0 aliphatic heterocycles. The van der Waals surface area contributed by atoms with Crippen molar-refractivity contribution in [3.63, 3.8) is 0 Å². The fourth-order valence-corrected chi connectivity index (χ4v) is 3.09. The highest BCUT2D eigenvalue weighted by molar-refractivity contribution is 5.80. The van der Waals surface area contributed by atoms with E-state index in [2.05, 4.69) is 46.7 Å². The van der Waals surface area contributed by atoms with Gasteiger partial charge in [0, 0.05) is 26.2 Å². The standard InChI is InChI=1S/C22H26FN5/c1-16-6-4-5-7-21(16)17(2)26-22(24-3)25-14-12-19-13-15-28(27-19)20-10-8-18(23)9-11-20/h4-11,13,15,17H,12,14H2,1-3H3,(H2,24,25,26). The van der Waals surface area contributed by atoms with Crippen LogP contribution in [0.15, 0.2) is 65.8 Å². The van der Waals surface area contributed by atoms with E-state index >= 15 is 0 Å². The Morgan fingerprint density at radius 1 is 1.14 bits per heavy atom. The molecular formula is C22H26FN5. The maximum Gasteiger partial charge on any atom is 0.191 e. The van der Waals surface area contributed by atoms with Crippen molar-refractivity contribution in [1.29, 1.82) is 0 Å². The van der Waals surface area contributed by atoms with Crippen LogP contribution >= 0.6 is 0 Å². The van der Waals surface area contributed by atoms with Crippen LogP contribution in [0, 0.1) is 12.7 Å². The van der Waals surface area contributed by atoms with E-state index in [-0.39, 0.29) is 11.9 Å². The second-order valence-electron chi connectivity index (χ2n) is 6.70. The molecule has 0 bridgehead atoms. The smallest absolute Gasteiger partial charge is 0.191 e. The van der Waals surface area contributed by atoms with E-state index in [1.807, 2.05) is 24.4 Å². The fourth-order valence-electron chi connectivity index (χ4n) is 3.09. The monoisotopic (exact) mass is 379 g/mol. The third-order valence-electron chi connectivity index (χ3n) is 4.64. The Morgan fingerprint density at radius 3 is 2.61 bits per heavy atom. The molecular weight excluding hydrogens is 353 g/mol. The van der Waals surface area contributed by atoms with Crippen molar-refractivity contribution >= 4 is 5.96 Å². The SMILES string of the molecule is CN=C(NCCc1ccn(-c2ccc(F)cc2)n1)NC(C)c1ccccc1C. The number of aliphatic imine (C=N–C) groups is 1. The minimum absolute atomic E-state index is 0.157. The highest BCUT2D eigenvalue weighted by Gasteiger charge is 2.10. The van der Waals surface area contributed by atoms with Gasteiger partial charge in [0.2, 0.25) is 0 Å². The molecule has 0 saturated heterocycles. The van der Waals surface area contributed by atoms with Crippen LogP contribution < -0.4 is 10.6 Å². The summed E-state index contributed by atoms with van der Waals surface area (Å²) in [6, 6.07) is 16.8. The normalized spacial score (nSPS) is 12.6. The number of rotatable bonds is 6. The summed E-state index contributed by atoms with van der Waals surface area (Å²) in [6.07, 6.45) is 2.64. The molecule has 0 amide bonds. The zero-order chi connectivity index (χ0) is 19.9. The third kappa shape index (κ3) is 4.97. The molecule has 6 heteroatoms. The molecule has 1 aromatic heterocycles. The van der Waals surface area contributed by atoms with Crippen LogP contribution in [0.5, 0.6) is 0 Å². The van der Waals surface area contributed by atoms with Crippen molar-refractivity contribution in [2.24, 2.45) is 4.99 Å². The summed E-state index contributed by atoms with van der Waals surface area (Å²) in [5, 5.41) is 11.3. The molecule has 0 aliphatic carbocycles. The number of hydrogen-bond acceptors (Lipinski definition) is 2. The molecule has 3 rings (SSSR count). The Kier molecular flexibility index (Phi) is 6.42. The highest BCUT2D eigenvalue weighted by Crippen LogP contribution is 2.16. The van der Waals surface area contributed by atoms with Crippen molar-refractivity contribution in [1.82, 2.24) is 20.4 Å². The van der Waals surface area contributed by atoms with E-state index in [9.17, 15) is 4.39 Å². The van der Waals surface area contributed by atoms with Gasteiger partial charge >= 0.3 is 0 Å². The lowest BCUT2D eigenvalue weighted by Crippen LogP contribution is -2.39. The van der Waals surface area contributed by atoms with Gasteiger partial charge in [-0.05, 0) is 55.3 Å². The van der Waals surface area contributed by atoms with Crippen LogP contribution in [0.1, 0.15) is 29.8 Å². The molecule has 2 N–H and O–H groups in total. The topological polar surface area (TPSA) is 54.2 Å². The first-order valence-corrected chi connectivity index (χ1v) is 9.40. The molecule has 0 spiro atoms. The van der Waals surface area contributed by atoms with Crippen molar-refractivity contribution < 1.29 is 4.39 Å².